The van der Waals surface area contributed by atoms with E-state index in [1.54, 1.807) is 11.1 Å². The van der Waals surface area contributed by atoms with E-state index in [4.69, 9.17) is 0 Å². The first-order chi connectivity index (χ1) is 9.88. The van der Waals surface area contributed by atoms with Gasteiger partial charge in [0.2, 0.25) is 0 Å². The van der Waals surface area contributed by atoms with E-state index >= 15 is 0 Å². The van der Waals surface area contributed by atoms with Gasteiger partial charge in [0.05, 0.1) is 0 Å². The number of rotatable bonds is 2. The summed E-state index contributed by atoms with van der Waals surface area (Å²) in [4.78, 5) is 2.66. The zero-order chi connectivity index (χ0) is 13.4. The van der Waals surface area contributed by atoms with Crippen molar-refractivity contribution in [3.63, 3.8) is 0 Å². The standard InChI is InChI=1S/C19H21N.2ClH/c1-2-6-15(7-3-1)12-20-13-16-10-17-8-4-5-9-19(17)18(11-16)14-20;;/h1-9,16,18H,10-14H2;2*1H. The Labute approximate surface area is 145 Å². The Bertz CT molecular complexity index is 599. The Hall–Kier alpha value is -1.02. The molecule has 4 rings (SSSR count). The van der Waals surface area contributed by atoms with Gasteiger partial charge in [-0.15, -0.1) is 24.8 Å². The molecular weight excluding hydrogens is 313 g/mol. The van der Waals surface area contributed by atoms with Gasteiger partial charge in [-0.1, -0.05) is 54.6 Å². The van der Waals surface area contributed by atoms with Crippen molar-refractivity contribution in [1.29, 1.82) is 0 Å². The minimum Gasteiger partial charge on any atom is -0.298 e. The number of fused-ring (bicyclic) bond motifs is 4. The third-order valence-electron chi connectivity index (χ3n) is 4.87. The van der Waals surface area contributed by atoms with Gasteiger partial charge in [-0.2, -0.15) is 0 Å². The Kier molecular flexibility index (Phi) is 5.91. The largest absolute Gasteiger partial charge is 0.298 e. The highest BCUT2D eigenvalue weighted by atomic mass is 35.5. The molecule has 1 saturated heterocycles. The van der Waals surface area contributed by atoms with E-state index in [0.717, 1.165) is 18.4 Å². The molecule has 2 aromatic rings. The van der Waals surface area contributed by atoms with Crippen molar-refractivity contribution in [3.8, 4) is 0 Å². The summed E-state index contributed by atoms with van der Waals surface area (Å²) >= 11 is 0. The van der Waals surface area contributed by atoms with Crippen LogP contribution < -0.4 is 0 Å². The molecule has 1 nitrogen and oxygen atoms in total. The van der Waals surface area contributed by atoms with Crippen molar-refractivity contribution in [2.75, 3.05) is 13.1 Å². The predicted octanol–water partition coefficient (Wildman–Crippen LogP) is 4.69. The van der Waals surface area contributed by atoms with E-state index < -0.39 is 0 Å². The van der Waals surface area contributed by atoms with Gasteiger partial charge >= 0.3 is 0 Å². The highest BCUT2D eigenvalue weighted by Crippen LogP contribution is 2.39. The van der Waals surface area contributed by atoms with Gasteiger partial charge in [0, 0.05) is 19.6 Å². The van der Waals surface area contributed by atoms with Crippen molar-refractivity contribution in [3.05, 3.63) is 71.3 Å². The van der Waals surface area contributed by atoms with E-state index in [-0.39, 0.29) is 24.8 Å². The number of likely N-dealkylation sites (tertiary alicyclic amines) is 1. The Morgan fingerprint density at radius 1 is 0.864 bits per heavy atom. The van der Waals surface area contributed by atoms with Crippen LogP contribution in [0.1, 0.15) is 29.0 Å². The first kappa shape index (κ1) is 17.3. The smallest absolute Gasteiger partial charge is 0.0234 e. The third kappa shape index (κ3) is 3.48. The van der Waals surface area contributed by atoms with Gasteiger partial charge in [0.1, 0.15) is 0 Å². The fourth-order valence-corrected chi connectivity index (χ4v) is 4.08. The molecule has 0 radical (unpaired) electrons. The Morgan fingerprint density at radius 2 is 1.59 bits per heavy atom. The van der Waals surface area contributed by atoms with Gasteiger partial charge in [-0.05, 0) is 41.4 Å². The lowest BCUT2D eigenvalue weighted by Gasteiger charge is -2.42. The molecule has 3 heteroatoms. The van der Waals surface area contributed by atoms with Crippen molar-refractivity contribution in [2.24, 2.45) is 5.92 Å². The van der Waals surface area contributed by atoms with Gasteiger partial charge in [0.25, 0.3) is 0 Å². The van der Waals surface area contributed by atoms with Gasteiger partial charge < -0.3 is 0 Å². The van der Waals surface area contributed by atoms with Gasteiger partial charge in [-0.3, -0.25) is 4.90 Å². The van der Waals surface area contributed by atoms with E-state index in [1.165, 1.54) is 31.5 Å². The number of benzene rings is 2. The maximum atomic E-state index is 2.66. The number of nitrogens with zero attached hydrogens (tertiary/aromatic N) is 1. The Morgan fingerprint density at radius 3 is 2.41 bits per heavy atom. The average molecular weight is 336 g/mol. The maximum absolute atomic E-state index is 2.66. The molecule has 0 amide bonds. The quantitative estimate of drug-likeness (QED) is 0.769. The summed E-state index contributed by atoms with van der Waals surface area (Å²) in [6.07, 6.45) is 2.67. The molecule has 1 fully saturated rings. The lowest BCUT2D eigenvalue weighted by Crippen LogP contribution is -2.42. The lowest BCUT2D eigenvalue weighted by atomic mass is 9.74. The highest BCUT2D eigenvalue weighted by molar-refractivity contribution is 5.85. The second-order valence-corrected chi connectivity index (χ2v) is 6.38. The summed E-state index contributed by atoms with van der Waals surface area (Å²) in [5.41, 5.74) is 4.66. The first-order valence-corrected chi connectivity index (χ1v) is 7.72. The summed E-state index contributed by atoms with van der Waals surface area (Å²) in [5, 5.41) is 0. The molecule has 22 heavy (non-hydrogen) atoms. The summed E-state index contributed by atoms with van der Waals surface area (Å²) in [6.45, 7) is 3.60. The van der Waals surface area contributed by atoms with Gasteiger partial charge in [0.15, 0.2) is 0 Å². The fraction of sp³-hybridized carbons (Fsp3) is 0.368. The van der Waals surface area contributed by atoms with Crippen LogP contribution in [-0.2, 0) is 13.0 Å². The topological polar surface area (TPSA) is 3.24 Å². The fourth-order valence-electron chi connectivity index (χ4n) is 4.08. The van der Waals surface area contributed by atoms with Crippen LogP contribution in [0.25, 0.3) is 0 Å². The van der Waals surface area contributed by atoms with E-state index in [0.29, 0.717) is 0 Å². The second kappa shape index (κ2) is 7.50. The zero-order valence-electron chi connectivity index (χ0n) is 12.7. The van der Waals surface area contributed by atoms with E-state index in [9.17, 15) is 0 Å². The second-order valence-electron chi connectivity index (χ2n) is 6.38. The van der Waals surface area contributed by atoms with Crippen molar-refractivity contribution in [1.82, 2.24) is 4.90 Å². The normalized spacial score (nSPS) is 22.9. The van der Waals surface area contributed by atoms with Crippen molar-refractivity contribution >= 4 is 24.8 Å². The molecule has 2 aliphatic rings. The molecule has 2 bridgehead atoms. The van der Waals surface area contributed by atoms with Crippen LogP contribution in [0.2, 0.25) is 0 Å². The van der Waals surface area contributed by atoms with E-state index in [1.807, 2.05) is 0 Å². The first-order valence-electron chi connectivity index (χ1n) is 7.72. The monoisotopic (exact) mass is 335 g/mol. The summed E-state index contributed by atoms with van der Waals surface area (Å²) in [6, 6.07) is 20.0. The van der Waals surface area contributed by atoms with Crippen LogP contribution in [-0.4, -0.2) is 18.0 Å². The SMILES string of the molecule is Cl.Cl.c1ccc(CN2CC3Cc4ccccc4C(C3)C2)cc1. The number of hydrogen-bond donors (Lipinski definition) is 0. The number of piperidine rings is 1. The summed E-state index contributed by atoms with van der Waals surface area (Å²) in [5.74, 6) is 1.61. The average Bonchev–Trinajstić information content (AvgIpc) is 2.48. The molecule has 2 atom stereocenters. The van der Waals surface area contributed by atoms with Crippen molar-refractivity contribution in [2.45, 2.75) is 25.3 Å². The highest BCUT2D eigenvalue weighted by Gasteiger charge is 2.33. The van der Waals surface area contributed by atoms with Crippen LogP contribution in [0.4, 0.5) is 0 Å². The lowest BCUT2D eigenvalue weighted by molar-refractivity contribution is 0.138. The molecule has 0 aromatic heterocycles. The molecule has 0 N–H and O–H groups in total. The molecule has 0 spiro atoms. The number of hydrogen-bond acceptors (Lipinski definition) is 1. The van der Waals surface area contributed by atoms with Crippen molar-refractivity contribution < 1.29 is 0 Å². The van der Waals surface area contributed by atoms with Crippen LogP contribution >= 0.6 is 24.8 Å². The van der Waals surface area contributed by atoms with Gasteiger partial charge in [-0.25, -0.2) is 0 Å². The molecular formula is C19H23Cl2N. The zero-order valence-corrected chi connectivity index (χ0v) is 14.3. The third-order valence-corrected chi connectivity index (χ3v) is 4.87. The molecule has 1 heterocycles. The maximum Gasteiger partial charge on any atom is 0.0234 e. The summed E-state index contributed by atoms with van der Waals surface area (Å²) in [7, 11) is 0. The minimum atomic E-state index is 0. The van der Waals surface area contributed by atoms with E-state index in [2.05, 4.69) is 59.5 Å². The molecule has 118 valence electrons. The molecule has 2 aromatic carbocycles. The summed E-state index contributed by atoms with van der Waals surface area (Å²) < 4.78 is 0. The molecule has 1 aliphatic heterocycles. The minimum absolute atomic E-state index is 0. The van der Waals surface area contributed by atoms with Crippen LogP contribution in [0.15, 0.2) is 54.6 Å². The van der Waals surface area contributed by atoms with Crippen LogP contribution in [0.3, 0.4) is 0 Å². The van der Waals surface area contributed by atoms with Crippen LogP contribution in [0, 0.1) is 5.92 Å². The molecule has 1 aliphatic carbocycles. The molecule has 0 saturated carbocycles. The molecule has 2 unspecified atom stereocenters. The predicted molar refractivity (Wildman–Crippen MR) is 97.2 cm³/mol. The Balaban J connectivity index is 0.000000882. The van der Waals surface area contributed by atoms with Crippen LogP contribution in [0.5, 0.6) is 0 Å². The number of halogens is 2.